The molecule has 1 aliphatic carbocycles. The van der Waals surface area contributed by atoms with E-state index in [0.29, 0.717) is 6.61 Å². The predicted octanol–water partition coefficient (Wildman–Crippen LogP) is 2.38. The van der Waals surface area contributed by atoms with Gasteiger partial charge in [-0.25, -0.2) is 0 Å². The summed E-state index contributed by atoms with van der Waals surface area (Å²) in [6.45, 7) is 0.660. The normalized spacial score (nSPS) is 17.8. The highest BCUT2D eigenvalue weighted by molar-refractivity contribution is 5.39. The minimum Gasteiger partial charge on any atom is -0.493 e. The SMILES string of the molecule is Cn1nccc1CCOc1ccc2c(c1)C(N)CCC2. The van der Waals surface area contributed by atoms with Crippen LogP contribution in [0.4, 0.5) is 0 Å². The average Bonchev–Trinajstić information content (AvgIpc) is 2.85. The Morgan fingerprint density at radius 3 is 3.10 bits per heavy atom. The van der Waals surface area contributed by atoms with Gasteiger partial charge in [-0.3, -0.25) is 4.68 Å². The molecule has 1 heterocycles. The first-order valence-electron chi connectivity index (χ1n) is 7.22. The molecule has 4 nitrogen and oxygen atoms in total. The van der Waals surface area contributed by atoms with Crippen LogP contribution >= 0.6 is 0 Å². The Morgan fingerprint density at radius 1 is 1.40 bits per heavy atom. The predicted molar refractivity (Wildman–Crippen MR) is 78.7 cm³/mol. The van der Waals surface area contributed by atoms with E-state index in [9.17, 15) is 0 Å². The second kappa shape index (κ2) is 5.67. The van der Waals surface area contributed by atoms with Crippen molar-refractivity contribution in [2.75, 3.05) is 6.61 Å². The van der Waals surface area contributed by atoms with Crippen LogP contribution in [0.25, 0.3) is 0 Å². The van der Waals surface area contributed by atoms with E-state index >= 15 is 0 Å². The summed E-state index contributed by atoms with van der Waals surface area (Å²) >= 11 is 0. The molecule has 0 spiro atoms. The van der Waals surface area contributed by atoms with Gasteiger partial charge in [-0.1, -0.05) is 6.07 Å². The molecule has 106 valence electrons. The van der Waals surface area contributed by atoms with Crippen molar-refractivity contribution in [3.63, 3.8) is 0 Å². The number of hydrogen-bond acceptors (Lipinski definition) is 3. The van der Waals surface area contributed by atoms with Gasteiger partial charge in [0.05, 0.1) is 6.61 Å². The number of ether oxygens (including phenoxy) is 1. The van der Waals surface area contributed by atoms with Crippen molar-refractivity contribution in [2.45, 2.75) is 31.7 Å². The van der Waals surface area contributed by atoms with Crippen molar-refractivity contribution in [2.24, 2.45) is 12.8 Å². The third-order valence-corrected chi connectivity index (χ3v) is 4.03. The molecule has 2 aromatic rings. The summed E-state index contributed by atoms with van der Waals surface area (Å²) in [7, 11) is 1.95. The zero-order chi connectivity index (χ0) is 13.9. The average molecular weight is 271 g/mol. The molecule has 3 rings (SSSR count). The highest BCUT2D eigenvalue weighted by Crippen LogP contribution is 2.30. The Labute approximate surface area is 119 Å². The van der Waals surface area contributed by atoms with Gasteiger partial charge in [0.15, 0.2) is 0 Å². The first-order chi connectivity index (χ1) is 9.74. The molecule has 1 atom stereocenters. The first-order valence-corrected chi connectivity index (χ1v) is 7.22. The number of benzene rings is 1. The van der Waals surface area contributed by atoms with Gasteiger partial charge in [-0.05, 0) is 48.6 Å². The third kappa shape index (κ3) is 2.70. The lowest BCUT2D eigenvalue weighted by molar-refractivity contribution is 0.317. The van der Waals surface area contributed by atoms with Gasteiger partial charge in [0.1, 0.15) is 5.75 Å². The van der Waals surface area contributed by atoms with Crippen LogP contribution in [0.5, 0.6) is 5.75 Å². The summed E-state index contributed by atoms with van der Waals surface area (Å²) in [6.07, 6.45) is 6.07. The van der Waals surface area contributed by atoms with Crippen LogP contribution < -0.4 is 10.5 Å². The summed E-state index contributed by atoms with van der Waals surface area (Å²) in [4.78, 5) is 0. The Balaban J connectivity index is 1.63. The molecule has 0 amide bonds. The highest BCUT2D eigenvalue weighted by Gasteiger charge is 2.17. The molecule has 1 unspecified atom stereocenters. The number of aromatic nitrogens is 2. The van der Waals surface area contributed by atoms with E-state index in [1.54, 1.807) is 0 Å². The van der Waals surface area contributed by atoms with Crippen molar-refractivity contribution in [1.29, 1.82) is 0 Å². The molecule has 0 bridgehead atoms. The molecule has 2 N–H and O–H groups in total. The van der Waals surface area contributed by atoms with Crippen molar-refractivity contribution in [3.05, 3.63) is 47.3 Å². The van der Waals surface area contributed by atoms with Gasteiger partial charge in [0.25, 0.3) is 0 Å². The first kappa shape index (κ1) is 13.2. The maximum Gasteiger partial charge on any atom is 0.119 e. The van der Waals surface area contributed by atoms with Gasteiger partial charge in [0.2, 0.25) is 0 Å². The monoisotopic (exact) mass is 271 g/mol. The molecule has 1 aromatic carbocycles. The van der Waals surface area contributed by atoms with E-state index in [4.69, 9.17) is 10.5 Å². The van der Waals surface area contributed by atoms with E-state index in [0.717, 1.165) is 25.0 Å². The van der Waals surface area contributed by atoms with Gasteiger partial charge < -0.3 is 10.5 Å². The van der Waals surface area contributed by atoms with Gasteiger partial charge in [-0.15, -0.1) is 0 Å². The van der Waals surface area contributed by atoms with Crippen molar-refractivity contribution in [1.82, 2.24) is 9.78 Å². The molecular formula is C16H21N3O. The molecule has 0 aliphatic heterocycles. The second-order valence-electron chi connectivity index (χ2n) is 5.40. The standard InChI is InChI=1S/C16H21N3O/c1-19-13(7-9-18-19)8-10-20-14-6-5-12-3-2-4-16(17)15(12)11-14/h5-7,9,11,16H,2-4,8,10,17H2,1H3. The fourth-order valence-electron chi connectivity index (χ4n) is 2.82. The maximum absolute atomic E-state index is 6.17. The van der Waals surface area contributed by atoms with Gasteiger partial charge >= 0.3 is 0 Å². The molecule has 4 heteroatoms. The lowest BCUT2D eigenvalue weighted by Gasteiger charge is -2.22. The van der Waals surface area contributed by atoms with Crippen LogP contribution in [0.15, 0.2) is 30.5 Å². The van der Waals surface area contributed by atoms with E-state index in [1.165, 1.54) is 23.2 Å². The fraction of sp³-hybridized carbons (Fsp3) is 0.438. The van der Waals surface area contributed by atoms with Crippen molar-refractivity contribution >= 4 is 0 Å². The van der Waals surface area contributed by atoms with Crippen LogP contribution in [0.3, 0.4) is 0 Å². The number of fused-ring (bicyclic) bond motifs is 1. The van der Waals surface area contributed by atoms with Crippen LogP contribution in [0.1, 0.15) is 35.7 Å². The molecule has 1 aromatic heterocycles. The molecule has 0 radical (unpaired) electrons. The number of aryl methyl sites for hydroxylation is 2. The Kier molecular flexibility index (Phi) is 3.74. The zero-order valence-corrected chi connectivity index (χ0v) is 11.9. The summed E-state index contributed by atoms with van der Waals surface area (Å²) in [6, 6.07) is 8.52. The lowest BCUT2D eigenvalue weighted by atomic mass is 9.88. The number of rotatable bonds is 4. The van der Waals surface area contributed by atoms with E-state index < -0.39 is 0 Å². The molecule has 0 fully saturated rings. The van der Waals surface area contributed by atoms with Crippen LogP contribution in [-0.4, -0.2) is 16.4 Å². The molecule has 0 saturated heterocycles. The van der Waals surface area contributed by atoms with Crippen molar-refractivity contribution in [3.8, 4) is 5.75 Å². The minimum atomic E-state index is 0.166. The quantitative estimate of drug-likeness (QED) is 0.929. The van der Waals surface area contributed by atoms with Gasteiger partial charge in [0, 0.05) is 31.4 Å². The van der Waals surface area contributed by atoms with Crippen LogP contribution in [-0.2, 0) is 19.9 Å². The van der Waals surface area contributed by atoms with E-state index in [1.807, 2.05) is 24.0 Å². The van der Waals surface area contributed by atoms with Gasteiger partial charge in [-0.2, -0.15) is 5.10 Å². The summed E-state index contributed by atoms with van der Waals surface area (Å²) in [5, 5.41) is 4.15. The molecule has 20 heavy (non-hydrogen) atoms. The minimum absolute atomic E-state index is 0.166. The highest BCUT2D eigenvalue weighted by atomic mass is 16.5. The lowest BCUT2D eigenvalue weighted by Crippen LogP contribution is -2.17. The van der Waals surface area contributed by atoms with E-state index in [-0.39, 0.29) is 6.04 Å². The van der Waals surface area contributed by atoms with Crippen molar-refractivity contribution < 1.29 is 4.74 Å². The number of nitrogens with two attached hydrogens (primary N) is 1. The Bertz CT molecular complexity index is 591. The summed E-state index contributed by atoms with van der Waals surface area (Å²) < 4.78 is 7.73. The second-order valence-corrected chi connectivity index (χ2v) is 5.40. The Morgan fingerprint density at radius 2 is 2.30 bits per heavy atom. The fourth-order valence-corrected chi connectivity index (χ4v) is 2.82. The largest absolute Gasteiger partial charge is 0.493 e. The Hall–Kier alpha value is -1.81. The summed E-state index contributed by atoms with van der Waals surface area (Å²) in [5.74, 6) is 0.920. The molecular weight excluding hydrogens is 250 g/mol. The van der Waals surface area contributed by atoms with Crippen LogP contribution in [0, 0.1) is 0 Å². The maximum atomic E-state index is 6.17. The smallest absolute Gasteiger partial charge is 0.119 e. The number of hydrogen-bond donors (Lipinski definition) is 1. The number of nitrogens with zero attached hydrogens (tertiary/aromatic N) is 2. The summed E-state index contributed by atoms with van der Waals surface area (Å²) in [5.41, 5.74) is 9.99. The van der Waals surface area contributed by atoms with E-state index in [2.05, 4.69) is 23.3 Å². The topological polar surface area (TPSA) is 53.1 Å². The molecule has 0 saturated carbocycles. The molecule has 1 aliphatic rings. The third-order valence-electron chi connectivity index (χ3n) is 4.03. The van der Waals surface area contributed by atoms with Crippen LogP contribution in [0.2, 0.25) is 0 Å². The zero-order valence-electron chi connectivity index (χ0n) is 11.9.